The third kappa shape index (κ3) is 2.33. The quantitative estimate of drug-likeness (QED) is 0.847. The molecule has 0 fully saturated rings. The van der Waals surface area contributed by atoms with E-state index in [1.54, 1.807) is 18.2 Å². The maximum absolute atomic E-state index is 9.20. The van der Waals surface area contributed by atoms with E-state index in [4.69, 9.17) is 15.2 Å². The van der Waals surface area contributed by atoms with Crippen LogP contribution in [-0.4, -0.2) is 22.2 Å². The minimum absolute atomic E-state index is 0.127. The van der Waals surface area contributed by atoms with E-state index in [-0.39, 0.29) is 24.1 Å². The fraction of sp³-hybridized carbons (Fsp3) is 0.167. The van der Waals surface area contributed by atoms with Crippen molar-refractivity contribution in [2.45, 2.75) is 6.61 Å². The van der Waals surface area contributed by atoms with Gasteiger partial charge in [-0.3, -0.25) is 0 Å². The maximum atomic E-state index is 9.20. The fourth-order valence-electron chi connectivity index (χ4n) is 1.45. The van der Waals surface area contributed by atoms with E-state index in [2.05, 4.69) is 9.97 Å². The average Bonchev–Trinajstić information content (AvgIpc) is 2.42. The second-order valence-electron chi connectivity index (χ2n) is 3.47. The molecule has 94 valence electrons. The Hall–Kier alpha value is -2.34. The molecule has 0 unspecified atom stereocenters. The highest BCUT2D eigenvalue weighted by Gasteiger charge is 2.12. The van der Waals surface area contributed by atoms with Crippen LogP contribution in [0.1, 0.15) is 5.56 Å². The van der Waals surface area contributed by atoms with Crippen LogP contribution < -0.4 is 15.2 Å². The number of hydrogen-bond donors (Lipinski definition) is 2. The molecule has 0 bridgehead atoms. The normalized spacial score (nSPS) is 10.1. The van der Waals surface area contributed by atoms with Gasteiger partial charge >= 0.3 is 0 Å². The highest BCUT2D eigenvalue weighted by molar-refractivity contribution is 5.57. The molecule has 0 amide bonds. The van der Waals surface area contributed by atoms with Crippen molar-refractivity contribution < 1.29 is 14.6 Å². The Balaban J connectivity index is 2.34. The molecule has 0 aliphatic heterocycles. The molecule has 0 aliphatic carbocycles. The molecule has 3 N–H and O–H groups in total. The minimum Gasteiger partial charge on any atom is -0.479 e. The van der Waals surface area contributed by atoms with E-state index in [1.165, 1.54) is 13.4 Å². The number of anilines is 1. The third-order valence-electron chi connectivity index (χ3n) is 2.35. The van der Waals surface area contributed by atoms with Crippen molar-refractivity contribution in [3.63, 3.8) is 0 Å². The summed E-state index contributed by atoms with van der Waals surface area (Å²) < 4.78 is 10.5. The summed E-state index contributed by atoms with van der Waals surface area (Å²) in [6.45, 7) is -0.127. The lowest BCUT2D eigenvalue weighted by molar-refractivity contribution is 0.276. The minimum atomic E-state index is -0.127. The van der Waals surface area contributed by atoms with Gasteiger partial charge in [-0.1, -0.05) is 18.2 Å². The molecule has 0 spiro atoms. The molecule has 6 heteroatoms. The van der Waals surface area contributed by atoms with Gasteiger partial charge in [-0.05, 0) is 6.07 Å². The Morgan fingerprint density at radius 3 is 2.67 bits per heavy atom. The van der Waals surface area contributed by atoms with Gasteiger partial charge in [0.05, 0.1) is 13.7 Å². The molecule has 18 heavy (non-hydrogen) atoms. The first-order valence-corrected chi connectivity index (χ1v) is 5.27. The van der Waals surface area contributed by atoms with Crippen molar-refractivity contribution in [1.82, 2.24) is 9.97 Å². The Labute approximate surface area is 104 Å². The molecule has 2 aromatic rings. The van der Waals surface area contributed by atoms with E-state index < -0.39 is 0 Å². The first-order chi connectivity index (χ1) is 8.76. The van der Waals surface area contributed by atoms with Crippen molar-refractivity contribution in [2.75, 3.05) is 12.8 Å². The molecule has 0 radical (unpaired) electrons. The summed E-state index contributed by atoms with van der Waals surface area (Å²) >= 11 is 0. The average molecular weight is 247 g/mol. The predicted octanol–water partition coefficient (Wildman–Crippen LogP) is 1.35. The number of nitrogens with two attached hydrogens (primary N) is 1. The molecule has 0 saturated heterocycles. The second-order valence-corrected chi connectivity index (χ2v) is 3.47. The first kappa shape index (κ1) is 12.1. The second kappa shape index (κ2) is 5.33. The van der Waals surface area contributed by atoms with Crippen LogP contribution in [0.15, 0.2) is 30.6 Å². The molecule has 1 aromatic heterocycles. The van der Waals surface area contributed by atoms with E-state index in [0.29, 0.717) is 11.3 Å². The van der Waals surface area contributed by atoms with E-state index in [0.717, 1.165) is 0 Å². The summed E-state index contributed by atoms with van der Waals surface area (Å²) in [6.07, 6.45) is 1.30. The van der Waals surface area contributed by atoms with Crippen LogP contribution in [-0.2, 0) is 6.61 Å². The van der Waals surface area contributed by atoms with Gasteiger partial charge in [0.15, 0.2) is 5.69 Å². The van der Waals surface area contributed by atoms with Crippen molar-refractivity contribution in [1.29, 1.82) is 0 Å². The number of aliphatic hydroxyl groups is 1. The lowest BCUT2D eigenvalue weighted by Gasteiger charge is -2.11. The summed E-state index contributed by atoms with van der Waals surface area (Å²) in [5, 5.41) is 9.20. The Morgan fingerprint density at radius 1 is 1.22 bits per heavy atom. The van der Waals surface area contributed by atoms with Crippen molar-refractivity contribution in [3.05, 3.63) is 36.2 Å². The largest absolute Gasteiger partial charge is 0.479 e. The van der Waals surface area contributed by atoms with Crippen molar-refractivity contribution in [3.8, 4) is 17.5 Å². The number of benzene rings is 1. The van der Waals surface area contributed by atoms with Crippen LogP contribution in [0.4, 0.5) is 5.69 Å². The number of ether oxygens (including phenoxy) is 2. The molecule has 1 aromatic carbocycles. The molecule has 0 aliphatic rings. The SMILES string of the molecule is COc1ncnc(Oc2ccccc2CO)c1N. The van der Waals surface area contributed by atoms with Crippen LogP contribution >= 0.6 is 0 Å². The van der Waals surface area contributed by atoms with Gasteiger partial charge in [0, 0.05) is 5.56 Å². The molecule has 1 heterocycles. The van der Waals surface area contributed by atoms with Crippen LogP contribution in [0.3, 0.4) is 0 Å². The van der Waals surface area contributed by atoms with E-state index in [1.807, 2.05) is 6.07 Å². The first-order valence-electron chi connectivity index (χ1n) is 5.27. The summed E-state index contributed by atoms with van der Waals surface area (Å²) in [7, 11) is 1.46. The number of aromatic nitrogens is 2. The number of hydrogen-bond acceptors (Lipinski definition) is 6. The van der Waals surface area contributed by atoms with Crippen LogP contribution in [0.5, 0.6) is 17.5 Å². The number of rotatable bonds is 4. The lowest BCUT2D eigenvalue weighted by Crippen LogP contribution is -2.01. The smallest absolute Gasteiger partial charge is 0.249 e. The molecule has 2 rings (SSSR count). The van der Waals surface area contributed by atoms with Gasteiger partial charge in [-0.15, -0.1) is 0 Å². The van der Waals surface area contributed by atoms with Crippen molar-refractivity contribution >= 4 is 5.69 Å². The Kier molecular flexibility index (Phi) is 3.59. The van der Waals surface area contributed by atoms with Gasteiger partial charge in [0.25, 0.3) is 0 Å². The van der Waals surface area contributed by atoms with Crippen molar-refractivity contribution in [2.24, 2.45) is 0 Å². The van der Waals surface area contributed by atoms with E-state index in [9.17, 15) is 5.11 Å². The number of methoxy groups -OCH3 is 1. The molecular weight excluding hydrogens is 234 g/mol. The van der Waals surface area contributed by atoms with E-state index >= 15 is 0 Å². The zero-order valence-electron chi connectivity index (χ0n) is 9.83. The topological polar surface area (TPSA) is 90.5 Å². The van der Waals surface area contributed by atoms with Gasteiger partial charge in [-0.2, -0.15) is 9.97 Å². The van der Waals surface area contributed by atoms with Gasteiger partial charge in [0.2, 0.25) is 11.8 Å². The Bertz CT molecular complexity index is 546. The van der Waals surface area contributed by atoms with Gasteiger partial charge < -0.3 is 20.3 Å². The molecular formula is C12H13N3O3. The standard InChI is InChI=1S/C12H13N3O3/c1-17-11-10(13)12(15-7-14-11)18-9-5-3-2-4-8(9)6-16/h2-5,7,16H,6,13H2,1H3. The number of nitrogen functional groups attached to an aromatic ring is 1. The predicted molar refractivity (Wildman–Crippen MR) is 65.4 cm³/mol. The van der Waals surface area contributed by atoms with Gasteiger partial charge in [0.1, 0.15) is 12.1 Å². The van der Waals surface area contributed by atoms with Gasteiger partial charge in [-0.25, -0.2) is 0 Å². The Morgan fingerprint density at radius 2 is 1.94 bits per heavy atom. The number of para-hydroxylation sites is 1. The third-order valence-corrected chi connectivity index (χ3v) is 2.35. The number of aliphatic hydroxyl groups excluding tert-OH is 1. The highest BCUT2D eigenvalue weighted by Crippen LogP contribution is 2.31. The monoisotopic (exact) mass is 247 g/mol. The number of nitrogens with zero attached hydrogens (tertiary/aromatic N) is 2. The maximum Gasteiger partial charge on any atom is 0.249 e. The summed E-state index contributed by atoms with van der Waals surface area (Å²) in [4.78, 5) is 7.79. The van der Waals surface area contributed by atoms with Crippen LogP contribution in [0.25, 0.3) is 0 Å². The summed E-state index contributed by atoms with van der Waals surface area (Å²) in [5.41, 5.74) is 6.66. The zero-order valence-corrected chi connectivity index (χ0v) is 9.83. The molecule has 6 nitrogen and oxygen atoms in total. The zero-order chi connectivity index (χ0) is 13.0. The highest BCUT2D eigenvalue weighted by atomic mass is 16.5. The summed E-state index contributed by atoms with van der Waals surface area (Å²) in [6, 6.07) is 7.08. The molecule has 0 atom stereocenters. The van der Waals surface area contributed by atoms with Crippen LogP contribution in [0.2, 0.25) is 0 Å². The van der Waals surface area contributed by atoms with Crippen LogP contribution in [0, 0.1) is 0 Å². The summed E-state index contributed by atoms with van der Waals surface area (Å²) in [5.74, 6) is 0.941. The fourth-order valence-corrected chi connectivity index (χ4v) is 1.45. The lowest BCUT2D eigenvalue weighted by atomic mass is 10.2. The molecule has 0 saturated carbocycles.